The van der Waals surface area contributed by atoms with Crippen molar-refractivity contribution in [3.8, 4) is 17.1 Å². The largest absolute Gasteiger partial charge is 0.477 e. The van der Waals surface area contributed by atoms with Gasteiger partial charge in [0.2, 0.25) is 11.8 Å². The van der Waals surface area contributed by atoms with E-state index in [4.69, 9.17) is 9.72 Å². The number of ether oxygens (including phenoxy) is 1. The first-order valence-corrected chi connectivity index (χ1v) is 15.8. The van der Waals surface area contributed by atoms with E-state index in [2.05, 4.69) is 20.1 Å². The molecule has 1 saturated carbocycles. The van der Waals surface area contributed by atoms with E-state index in [-0.39, 0.29) is 49.5 Å². The number of amides is 2. The summed E-state index contributed by atoms with van der Waals surface area (Å²) in [6.45, 7) is 8.16. The lowest BCUT2D eigenvalue weighted by Gasteiger charge is -2.44. The summed E-state index contributed by atoms with van der Waals surface area (Å²) < 4.78 is 45.2. The predicted molar refractivity (Wildman–Crippen MR) is 161 cm³/mol. The molecule has 2 aliphatic heterocycles. The molecule has 2 saturated heterocycles. The van der Waals surface area contributed by atoms with Crippen molar-refractivity contribution in [1.29, 1.82) is 0 Å². The molecule has 9 nitrogen and oxygen atoms in total. The van der Waals surface area contributed by atoms with Gasteiger partial charge in [-0.1, -0.05) is 6.92 Å². The molecule has 4 heterocycles. The van der Waals surface area contributed by atoms with E-state index < -0.39 is 12.1 Å². The van der Waals surface area contributed by atoms with Crippen LogP contribution in [-0.2, 0) is 4.79 Å². The number of nitrogens with one attached hydrogen (secondary N) is 1. The van der Waals surface area contributed by atoms with Gasteiger partial charge in [-0.25, -0.2) is 9.97 Å². The number of nitrogens with zero attached hydrogens (tertiary/aromatic N) is 5. The SMILES string of the molecule is CCOc1ncccc1-c1ccc(N2CCN(C(=O)[C@H]3CC[C@@H](C(F)(F)F)CC3)C[C@H]2CC)c(C(=O)NCC2CN(C)C2)n1. The number of alkyl halides is 3. The highest BCUT2D eigenvalue weighted by Crippen LogP contribution is 2.40. The summed E-state index contributed by atoms with van der Waals surface area (Å²) in [7, 11) is 2.05. The van der Waals surface area contributed by atoms with Gasteiger partial charge in [0.05, 0.1) is 29.5 Å². The first kappa shape index (κ1) is 32.0. The maximum absolute atomic E-state index is 13.7. The predicted octanol–water partition coefficient (Wildman–Crippen LogP) is 4.63. The molecule has 2 aromatic heterocycles. The molecule has 2 aromatic rings. The second-order valence-corrected chi connectivity index (χ2v) is 12.3. The smallest absolute Gasteiger partial charge is 0.391 e. The van der Waals surface area contributed by atoms with E-state index in [0.717, 1.165) is 19.5 Å². The Hall–Kier alpha value is -3.41. The molecule has 0 spiro atoms. The Bertz CT molecular complexity index is 1310. The van der Waals surface area contributed by atoms with Crippen LogP contribution >= 0.6 is 0 Å². The van der Waals surface area contributed by atoms with Crippen LogP contribution in [0.4, 0.5) is 18.9 Å². The Kier molecular flexibility index (Phi) is 9.97. The fourth-order valence-electron chi connectivity index (χ4n) is 6.76. The maximum atomic E-state index is 13.7. The lowest BCUT2D eigenvalue weighted by Crippen LogP contribution is -2.56. The van der Waals surface area contributed by atoms with Gasteiger partial charge in [0, 0.05) is 63.3 Å². The third-order valence-electron chi connectivity index (χ3n) is 9.22. The number of halogens is 3. The third-order valence-corrected chi connectivity index (χ3v) is 9.22. The maximum Gasteiger partial charge on any atom is 0.391 e. The van der Waals surface area contributed by atoms with Gasteiger partial charge in [-0.05, 0) is 70.3 Å². The van der Waals surface area contributed by atoms with Crippen LogP contribution < -0.4 is 15.0 Å². The number of carbonyl (C=O) groups is 2. The zero-order valence-electron chi connectivity index (χ0n) is 25.8. The molecule has 3 fully saturated rings. The van der Waals surface area contributed by atoms with Gasteiger partial charge in [-0.15, -0.1) is 0 Å². The van der Waals surface area contributed by atoms with Crippen LogP contribution in [0.5, 0.6) is 5.88 Å². The number of aromatic nitrogens is 2. The van der Waals surface area contributed by atoms with Crippen molar-refractivity contribution < 1.29 is 27.5 Å². The Balaban J connectivity index is 1.35. The molecule has 2 amide bonds. The fourth-order valence-corrected chi connectivity index (χ4v) is 6.76. The summed E-state index contributed by atoms with van der Waals surface area (Å²) in [5.41, 5.74) is 2.28. The van der Waals surface area contributed by atoms with E-state index in [9.17, 15) is 22.8 Å². The monoisotopic (exact) mass is 616 g/mol. The Morgan fingerprint density at radius 2 is 1.80 bits per heavy atom. The minimum Gasteiger partial charge on any atom is -0.477 e. The molecular formula is C32H43F3N6O3. The first-order valence-electron chi connectivity index (χ1n) is 15.8. The Morgan fingerprint density at radius 3 is 2.45 bits per heavy atom. The van der Waals surface area contributed by atoms with Crippen LogP contribution in [0.2, 0.25) is 0 Å². The molecule has 1 aliphatic carbocycles. The minimum absolute atomic E-state index is 0.00660. The van der Waals surface area contributed by atoms with Crippen molar-refractivity contribution >= 4 is 17.5 Å². The molecule has 12 heteroatoms. The second-order valence-electron chi connectivity index (χ2n) is 12.3. The molecule has 1 atom stereocenters. The average molecular weight is 617 g/mol. The van der Waals surface area contributed by atoms with Gasteiger partial charge in [0.1, 0.15) is 0 Å². The normalized spacial score (nSPS) is 23.3. The summed E-state index contributed by atoms with van der Waals surface area (Å²) >= 11 is 0. The van der Waals surface area contributed by atoms with Gasteiger partial charge in [-0.3, -0.25) is 9.59 Å². The van der Waals surface area contributed by atoms with Crippen LogP contribution in [0, 0.1) is 17.8 Å². The van der Waals surface area contributed by atoms with E-state index in [1.807, 2.05) is 44.0 Å². The molecule has 5 rings (SSSR count). The molecule has 0 unspecified atom stereocenters. The summed E-state index contributed by atoms with van der Waals surface area (Å²) in [6.07, 6.45) is -1.27. The molecular weight excluding hydrogens is 573 g/mol. The first-order chi connectivity index (χ1) is 21.1. The fraction of sp³-hybridized carbons (Fsp3) is 0.625. The highest BCUT2D eigenvalue weighted by Gasteiger charge is 2.43. The summed E-state index contributed by atoms with van der Waals surface area (Å²) in [5.74, 6) is -1.16. The Morgan fingerprint density at radius 1 is 1.05 bits per heavy atom. The number of hydrogen-bond acceptors (Lipinski definition) is 7. The van der Waals surface area contributed by atoms with Gasteiger partial charge < -0.3 is 24.8 Å². The van der Waals surface area contributed by atoms with Crippen LogP contribution in [0.1, 0.15) is 56.4 Å². The number of hydrogen-bond donors (Lipinski definition) is 1. The topological polar surface area (TPSA) is 90.9 Å². The van der Waals surface area contributed by atoms with Gasteiger partial charge in [0.25, 0.3) is 5.91 Å². The van der Waals surface area contributed by atoms with Crippen molar-refractivity contribution in [2.45, 2.75) is 58.2 Å². The number of piperazine rings is 1. The van der Waals surface area contributed by atoms with Crippen LogP contribution in [0.25, 0.3) is 11.3 Å². The van der Waals surface area contributed by atoms with Crippen molar-refractivity contribution in [1.82, 2.24) is 25.1 Å². The van der Waals surface area contributed by atoms with E-state index in [1.165, 1.54) is 0 Å². The van der Waals surface area contributed by atoms with Crippen LogP contribution in [0.15, 0.2) is 30.5 Å². The third kappa shape index (κ3) is 7.11. The standard InChI is InChI=1S/C32H43F3N6O3/c1-4-24-20-40(31(43)22-8-10-23(11-9-22)32(33,34)35)15-16-41(24)27-13-12-26(25-7-6-14-36-30(25)44-5-2)38-28(27)29(42)37-17-21-18-39(3)19-21/h6-7,12-14,21-24H,4-5,8-11,15-20H2,1-3H3,(H,37,42)/t22-,23+,24-/m1/s1. The zero-order chi connectivity index (χ0) is 31.4. The quantitative estimate of drug-likeness (QED) is 0.440. The lowest BCUT2D eigenvalue weighted by atomic mass is 9.81. The van der Waals surface area contributed by atoms with Crippen molar-refractivity contribution in [3.05, 3.63) is 36.2 Å². The van der Waals surface area contributed by atoms with Crippen LogP contribution in [-0.4, -0.2) is 96.7 Å². The summed E-state index contributed by atoms with van der Waals surface area (Å²) in [5, 5.41) is 3.09. The number of likely N-dealkylation sites (tertiary alicyclic amines) is 1. The minimum atomic E-state index is -4.20. The van der Waals surface area contributed by atoms with E-state index in [0.29, 0.717) is 67.2 Å². The average Bonchev–Trinajstić information content (AvgIpc) is 3.01. The Labute approximate surface area is 257 Å². The second kappa shape index (κ2) is 13.7. The number of pyridine rings is 2. The lowest BCUT2D eigenvalue weighted by molar-refractivity contribution is -0.185. The molecule has 44 heavy (non-hydrogen) atoms. The zero-order valence-corrected chi connectivity index (χ0v) is 25.8. The van der Waals surface area contributed by atoms with Gasteiger partial charge >= 0.3 is 6.18 Å². The van der Waals surface area contributed by atoms with Crippen molar-refractivity contribution in [2.75, 3.05) is 57.8 Å². The van der Waals surface area contributed by atoms with Crippen molar-refractivity contribution in [3.63, 3.8) is 0 Å². The van der Waals surface area contributed by atoms with Crippen LogP contribution in [0.3, 0.4) is 0 Å². The highest BCUT2D eigenvalue weighted by atomic mass is 19.4. The highest BCUT2D eigenvalue weighted by molar-refractivity contribution is 5.98. The molecule has 3 aliphatic rings. The molecule has 1 N–H and O–H groups in total. The molecule has 240 valence electrons. The van der Waals surface area contributed by atoms with Gasteiger partial charge in [-0.2, -0.15) is 13.2 Å². The van der Waals surface area contributed by atoms with E-state index in [1.54, 1.807) is 12.3 Å². The number of carbonyl (C=O) groups excluding carboxylic acids is 2. The van der Waals surface area contributed by atoms with Crippen molar-refractivity contribution in [2.24, 2.45) is 17.8 Å². The molecule has 0 bridgehead atoms. The van der Waals surface area contributed by atoms with Gasteiger partial charge in [0.15, 0.2) is 5.69 Å². The number of anilines is 1. The molecule has 0 radical (unpaired) electrons. The summed E-state index contributed by atoms with van der Waals surface area (Å²) in [4.78, 5) is 42.5. The van der Waals surface area contributed by atoms with E-state index >= 15 is 0 Å². The number of rotatable bonds is 9. The summed E-state index contributed by atoms with van der Waals surface area (Å²) in [6, 6.07) is 7.38. The molecule has 0 aromatic carbocycles.